The summed E-state index contributed by atoms with van der Waals surface area (Å²) in [7, 11) is 0. The van der Waals surface area contributed by atoms with E-state index < -0.39 is 0 Å². The number of aromatic nitrogens is 2. The maximum atomic E-state index is 5.71. The van der Waals surface area contributed by atoms with Crippen molar-refractivity contribution < 1.29 is 4.74 Å². The molecule has 1 aliphatic heterocycles. The van der Waals surface area contributed by atoms with E-state index in [9.17, 15) is 0 Å². The van der Waals surface area contributed by atoms with Gasteiger partial charge in [0.15, 0.2) is 0 Å². The first-order chi connectivity index (χ1) is 11.4. The molecule has 0 fully saturated rings. The van der Waals surface area contributed by atoms with E-state index >= 15 is 0 Å². The lowest BCUT2D eigenvalue weighted by molar-refractivity contribution is 0.252. The zero-order valence-corrected chi connectivity index (χ0v) is 12.9. The second kappa shape index (κ2) is 6.26. The van der Waals surface area contributed by atoms with Gasteiger partial charge in [-0.15, -0.1) is 0 Å². The van der Waals surface area contributed by atoms with E-state index in [0.717, 1.165) is 31.0 Å². The van der Waals surface area contributed by atoms with Crippen LogP contribution in [0.5, 0.6) is 5.75 Å². The fourth-order valence-corrected chi connectivity index (χ4v) is 2.98. The van der Waals surface area contributed by atoms with Crippen LogP contribution >= 0.6 is 0 Å². The fraction of sp³-hybridized carbons (Fsp3) is 0.211. The van der Waals surface area contributed by atoms with Crippen LogP contribution in [0.15, 0.2) is 67.0 Å². The zero-order chi connectivity index (χ0) is 15.5. The number of hydrogen-bond acceptors (Lipinski definition) is 3. The normalized spacial score (nSPS) is 16.6. The van der Waals surface area contributed by atoms with Gasteiger partial charge in [-0.05, 0) is 29.8 Å². The first-order valence-corrected chi connectivity index (χ1v) is 7.94. The highest BCUT2D eigenvalue weighted by Gasteiger charge is 2.20. The number of nitrogens with one attached hydrogen (secondary N) is 1. The minimum absolute atomic E-state index is 0.353. The van der Waals surface area contributed by atoms with Gasteiger partial charge in [-0.3, -0.25) is 0 Å². The standard InChI is InChI=1S/C19H19N3O/c1-2-5-19-17(4-1)18(10-13-23-19)20-14-15-6-8-16(9-7-15)22-12-3-11-21-22/h1-9,11-12,18,20H,10,13-14H2/t18-/m0/s1. The molecule has 1 aromatic heterocycles. The molecule has 4 rings (SSSR count). The molecule has 116 valence electrons. The number of rotatable bonds is 4. The van der Waals surface area contributed by atoms with E-state index in [4.69, 9.17) is 4.74 Å². The largest absolute Gasteiger partial charge is 0.493 e. The third-order valence-electron chi connectivity index (χ3n) is 4.22. The third kappa shape index (κ3) is 2.98. The molecule has 2 heterocycles. The summed E-state index contributed by atoms with van der Waals surface area (Å²) in [6.07, 6.45) is 4.74. The third-order valence-corrected chi connectivity index (χ3v) is 4.22. The van der Waals surface area contributed by atoms with Crippen molar-refractivity contribution in [3.8, 4) is 11.4 Å². The van der Waals surface area contributed by atoms with Crippen LogP contribution in [0.4, 0.5) is 0 Å². The predicted octanol–water partition coefficient (Wildman–Crippen LogP) is 3.49. The SMILES string of the molecule is c1ccc2c(c1)OCC[C@@H]2NCc1ccc(-n2cccn2)cc1. The number of nitrogens with zero attached hydrogens (tertiary/aromatic N) is 2. The van der Waals surface area contributed by atoms with Crippen LogP contribution in [0.1, 0.15) is 23.6 Å². The van der Waals surface area contributed by atoms with Crippen LogP contribution in [0.25, 0.3) is 5.69 Å². The van der Waals surface area contributed by atoms with Gasteiger partial charge in [-0.1, -0.05) is 30.3 Å². The van der Waals surface area contributed by atoms with Gasteiger partial charge in [0.2, 0.25) is 0 Å². The van der Waals surface area contributed by atoms with Gasteiger partial charge in [0.25, 0.3) is 0 Å². The van der Waals surface area contributed by atoms with Crippen LogP contribution in [0.3, 0.4) is 0 Å². The van der Waals surface area contributed by atoms with Gasteiger partial charge in [-0.2, -0.15) is 5.10 Å². The summed E-state index contributed by atoms with van der Waals surface area (Å²) in [5.41, 5.74) is 3.60. The molecular formula is C19H19N3O. The van der Waals surface area contributed by atoms with E-state index in [0.29, 0.717) is 6.04 Å². The van der Waals surface area contributed by atoms with Gasteiger partial charge < -0.3 is 10.1 Å². The van der Waals surface area contributed by atoms with Crippen molar-refractivity contribution in [2.75, 3.05) is 6.61 Å². The van der Waals surface area contributed by atoms with Gasteiger partial charge in [-0.25, -0.2) is 4.68 Å². The number of fused-ring (bicyclic) bond motifs is 1. The lowest BCUT2D eigenvalue weighted by Gasteiger charge is -2.26. The van der Waals surface area contributed by atoms with Gasteiger partial charge in [0.05, 0.1) is 12.3 Å². The number of hydrogen-bond donors (Lipinski definition) is 1. The predicted molar refractivity (Wildman–Crippen MR) is 89.7 cm³/mol. The maximum Gasteiger partial charge on any atom is 0.124 e. The summed E-state index contributed by atoms with van der Waals surface area (Å²) in [5, 5.41) is 7.89. The van der Waals surface area contributed by atoms with E-state index in [1.54, 1.807) is 6.20 Å². The Bertz CT molecular complexity index is 766. The molecular weight excluding hydrogens is 286 g/mol. The minimum atomic E-state index is 0.353. The highest BCUT2D eigenvalue weighted by molar-refractivity contribution is 5.38. The second-order valence-corrected chi connectivity index (χ2v) is 5.73. The van der Waals surface area contributed by atoms with Gasteiger partial charge in [0.1, 0.15) is 5.75 Å². The lowest BCUT2D eigenvalue weighted by atomic mass is 10.0. The van der Waals surface area contributed by atoms with E-state index in [1.807, 2.05) is 29.1 Å². The smallest absolute Gasteiger partial charge is 0.124 e. The van der Waals surface area contributed by atoms with E-state index in [-0.39, 0.29) is 0 Å². The summed E-state index contributed by atoms with van der Waals surface area (Å²) in [5.74, 6) is 1.00. The number of para-hydroxylation sites is 1. The van der Waals surface area contributed by atoms with Crippen molar-refractivity contribution in [1.82, 2.24) is 15.1 Å². The van der Waals surface area contributed by atoms with Crippen LogP contribution in [-0.4, -0.2) is 16.4 Å². The summed E-state index contributed by atoms with van der Waals surface area (Å²) < 4.78 is 7.58. The molecule has 0 amide bonds. The minimum Gasteiger partial charge on any atom is -0.493 e. The Morgan fingerprint density at radius 3 is 2.78 bits per heavy atom. The van der Waals surface area contributed by atoms with Gasteiger partial charge in [0, 0.05) is 37.0 Å². The molecule has 0 saturated carbocycles. The summed E-state index contributed by atoms with van der Waals surface area (Å²) in [6.45, 7) is 1.62. The molecule has 4 heteroatoms. The van der Waals surface area contributed by atoms with Crippen molar-refractivity contribution in [2.24, 2.45) is 0 Å². The Morgan fingerprint density at radius 1 is 1.09 bits per heavy atom. The average molecular weight is 305 g/mol. The second-order valence-electron chi connectivity index (χ2n) is 5.73. The molecule has 0 saturated heterocycles. The van der Waals surface area contributed by atoms with Gasteiger partial charge >= 0.3 is 0 Å². The van der Waals surface area contributed by atoms with Crippen molar-refractivity contribution in [3.63, 3.8) is 0 Å². The average Bonchev–Trinajstić information content (AvgIpc) is 3.15. The summed E-state index contributed by atoms with van der Waals surface area (Å²) in [6, 6.07) is 19.1. The zero-order valence-electron chi connectivity index (χ0n) is 12.9. The number of benzene rings is 2. The highest BCUT2D eigenvalue weighted by atomic mass is 16.5. The molecule has 1 aliphatic rings. The monoisotopic (exact) mass is 305 g/mol. The maximum absolute atomic E-state index is 5.71. The molecule has 0 aliphatic carbocycles. The van der Waals surface area contributed by atoms with Crippen molar-refractivity contribution in [3.05, 3.63) is 78.1 Å². The Labute approximate surface area is 135 Å². The topological polar surface area (TPSA) is 39.1 Å². The fourth-order valence-electron chi connectivity index (χ4n) is 2.98. The van der Waals surface area contributed by atoms with E-state index in [1.165, 1.54) is 11.1 Å². The molecule has 1 N–H and O–H groups in total. The first kappa shape index (κ1) is 14.0. The highest BCUT2D eigenvalue weighted by Crippen LogP contribution is 2.31. The molecule has 2 aromatic carbocycles. The molecule has 23 heavy (non-hydrogen) atoms. The summed E-state index contributed by atoms with van der Waals surface area (Å²) >= 11 is 0. The van der Waals surface area contributed by atoms with Crippen LogP contribution in [0.2, 0.25) is 0 Å². The summed E-state index contributed by atoms with van der Waals surface area (Å²) in [4.78, 5) is 0. The molecule has 4 nitrogen and oxygen atoms in total. The Kier molecular flexibility index (Phi) is 3.82. The van der Waals surface area contributed by atoms with Crippen molar-refractivity contribution in [2.45, 2.75) is 19.0 Å². The Balaban J connectivity index is 1.44. The van der Waals surface area contributed by atoms with Crippen LogP contribution in [0, 0.1) is 0 Å². The van der Waals surface area contributed by atoms with Crippen LogP contribution < -0.4 is 10.1 Å². The molecule has 0 unspecified atom stereocenters. The van der Waals surface area contributed by atoms with E-state index in [2.05, 4.69) is 46.8 Å². The molecule has 3 aromatic rings. The molecule has 0 radical (unpaired) electrons. The molecule has 1 atom stereocenters. The Hall–Kier alpha value is -2.59. The first-order valence-electron chi connectivity index (χ1n) is 7.94. The quantitative estimate of drug-likeness (QED) is 0.802. The van der Waals surface area contributed by atoms with Crippen LogP contribution in [-0.2, 0) is 6.54 Å². The molecule has 0 bridgehead atoms. The lowest BCUT2D eigenvalue weighted by Crippen LogP contribution is -2.26. The molecule has 0 spiro atoms. The Morgan fingerprint density at radius 2 is 1.96 bits per heavy atom. The van der Waals surface area contributed by atoms with Crippen molar-refractivity contribution in [1.29, 1.82) is 0 Å². The van der Waals surface area contributed by atoms with Crippen molar-refractivity contribution >= 4 is 0 Å². The number of ether oxygens (including phenoxy) is 1.